The van der Waals surface area contributed by atoms with Crippen molar-refractivity contribution in [3.8, 4) is 22.8 Å². The van der Waals surface area contributed by atoms with Crippen LogP contribution in [0.1, 0.15) is 42.1 Å². The van der Waals surface area contributed by atoms with E-state index in [1.165, 1.54) is 5.56 Å². The number of anilines is 1. The molecule has 0 unspecified atom stereocenters. The van der Waals surface area contributed by atoms with Crippen molar-refractivity contribution in [1.29, 1.82) is 0 Å². The van der Waals surface area contributed by atoms with Gasteiger partial charge in [-0.15, -0.1) is 0 Å². The SMILES string of the molecule is CC[C@H](C)c1ccc(NC(=O)c2cc(-c3ccc(OC)cc3OC)nc3ccccc23)cc1. The van der Waals surface area contributed by atoms with Crippen molar-refractivity contribution < 1.29 is 14.3 Å². The van der Waals surface area contributed by atoms with Gasteiger partial charge in [0.15, 0.2) is 0 Å². The maximum Gasteiger partial charge on any atom is 0.256 e. The van der Waals surface area contributed by atoms with Crippen LogP contribution in [0, 0.1) is 0 Å². The number of amides is 1. The number of ether oxygens (including phenoxy) is 2. The molecule has 1 atom stereocenters. The van der Waals surface area contributed by atoms with E-state index >= 15 is 0 Å². The molecule has 5 nitrogen and oxygen atoms in total. The zero-order valence-corrected chi connectivity index (χ0v) is 19.4. The number of hydrogen-bond acceptors (Lipinski definition) is 4. The van der Waals surface area contributed by atoms with Crippen molar-refractivity contribution in [2.45, 2.75) is 26.2 Å². The molecule has 4 aromatic rings. The van der Waals surface area contributed by atoms with Crippen LogP contribution in [0.15, 0.2) is 72.8 Å². The van der Waals surface area contributed by atoms with Gasteiger partial charge in [-0.05, 0) is 54.3 Å². The molecule has 33 heavy (non-hydrogen) atoms. The van der Waals surface area contributed by atoms with Gasteiger partial charge < -0.3 is 14.8 Å². The van der Waals surface area contributed by atoms with E-state index in [0.29, 0.717) is 28.7 Å². The lowest BCUT2D eigenvalue weighted by Crippen LogP contribution is -2.13. The fourth-order valence-corrected chi connectivity index (χ4v) is 3.84. The number of hydrogen-bond donors (Lipinski definition) is 1. The number of aromatic nitrogens is 1. The Labute approximate surface area is 194 Å². The number of para-hydroxylation sites is 1. The maximum atomic E-state index is 13.4. The van der Waals surface area contributed by atoms with Crippen LogP contribution in [0.5, 0.6) is 11.5 Å². The second-order valence-electron chi connectivity index (χ2n) is 8.02. The van der Waals surface area contributed by atoms with Crippen molar-refractivity contribution >= 4 is 22.5 Å². The first-order valence-electron chi connectivity index (χ1n) is 11.1. The number of pyridine rings is 1. The molecule has 0 aliphatic rings. The molecule has 1 aromatic heterocycles. The molecular weight excluding hydrogens is 412 g/mol. The molecule has 0 spiro atoms. The predicted octanol–water partition coefficient (Wildman–Crippen LogP) is 6.68. The highest BCUT2D eigenvalue weighted by Gasteiger charge is 2.17. The third kappa shape index (κ3) is 4.67. The van der Waals surface area contributed by atoms with Gasteiger partial charge in [-0.1, -0.05) is 44.2 Å². The number of carbonyl (C=O) groups is 1. The first-order valence-corrected chi connectivity index (χ1v) is 11.1. The zero-order valence-electron chi connectivity index (χ0n) is 19.4. The van der Waals surface area contributed by atoms with Crippen LogP contribution >= 0.6 is 0 Å². The van der Waals surface area contributed by atoms with Gasteiger partial charge in [0, 0.05) is 22.7 Å². The van der Waals surface area contributed by atoms with Crippen molar-refractivity contribution in [2.24, 2.45) is 0 Å². The van der Waals surface area contributed by atoms with Crippen LogP contribution in [0.25, 0.3) is 22.2 Å². The molecule has 0 fully saturated rings. The molecule has 1 amide bonds. The van der Waals surface area contributed by atoms with Crippen LogP contribution in [-0.4, -0.2) is 25.1 Å². The molecule has 0 saturated heterocycles. The highest BCUT2D eigenvalue weighted by Crippen LogP contribution is 2.34. The van der Waals surface area contributed by atoms with Gasteiger partial charge in [-0.25, -0.2) is 4.98 Å². The standard InChI is InChI=1S/C28H28N2O3/c1-5-18(2)19-10-12-20(13-11-19)29-28(31)24-17-26(30-25-9-7-6-8-22(24)25)23-15-14-21(32-3)16-27(23)33-4/h6-18H,5H2,1-4H3,(H,29,31)/t18-/m0/s1. The van der Waals surface area contributed by atoms with E-state index in [9.17, 15) is 4.79 Å². The highest BCUT2D eigenvalue weighted by atomic mass is 16.5. The summed E-state index contributed by atoms with van der Waals surface area (Å²) in [4.78, 5) is 18.2. The summed E-state index contributed by atoms with van der Waals surface area (Å²) in [5.74, 6) is 1.62. The lowest BCUT2D eigenvalue weighted by molar-refractivity contribution is 0.102. The minimum absolute atomic E-state index is 0.182. The Morgan fingerprint density at radius 1 is 0.970 bits per heavy atom. The smallest absolute Gasteiger partial charge is 0.256 e. The van der Waals surface area contributed by atoms with Crippen LogP contribution in [0.4, 0.5) is 5.69 Å². The van der Waals surface area contributed by atoms with Gasteiger partial charge in [-0.2, -0.15) is 0 Å². The van der Waals surface area contributed by atoms with E-state index in [0.717, 1.165) is 28.6 Å². The molecule has 168 valence electrons. The Kier molecular flexibility index (Phi) is 6.59. The fraction of sp³-hybridized carbons (Fsp3) is 0.214. The number of rotatable bonds is 7. The Bertz CT molecular complexity index is 1280. The monoisotopic (exact) mass is 440 g/mol. The normalized spacial score (nSPS) is 11.8. The van der Waals surface area contributed by atoms with Crippen LogP contribution < -0.4 is 14.8 Å². The fourth-order valence-electron chi connectivity index (χ4n) is 3.84. The summed E-state index contributed by atoms with van der Waals surface area (Å²) in [5, 5.41) is 3.84. The summed E-state index contributed by atoms with van der Waals surface area (Å²) in [6.45, 7) is 4.37. The van der Waals surface area contributed by atoms with Gasteiger partial charge in [0.2, 0.25) is 0 Å². The minimum atomic E-state index is -0.182. The second kappa shape index (κ2) is 9.74. The summed E-state index contributed by atoms with van der Waals surface area (Å²) in [7, 11) is 3.22. The number of nitrogens with one attached hydrogen (secondary N) is 1. The Morgan fingerprint density at radius 2 is 1.73 bits per heavy atom. The lowest BCUT2D eigenvalue weighted by atomic mass is 9.98. The zero-order chi connectivity index (χ0) is 23.4. The minimum Gasteiger partial charge on any atom is -0.497 e. The van der Waals surface area contributed by atoms with E-state index in [1.54, 1.807) is 14.2 Å². The van der Waals surface area contributed by atoms with E-state index in [4.69, 9.17) is 14.5 Å². The van der Waals surface area contributed by atoms with Crippen molar-refractivity contribution in [3.63, 3.8) is 0 Å². The third-order valence-electron chi connectivity index (χ3n) is 6.00. The van der Waals surface area contributed by atoms with Gasteiger partial charge in [0.05, 0.1) is 31.0 Å². The molecular formula is C28H28N2O3. The summed E-state index contributed by atoms with van der Waals surface area (Å²) < 4.78 is 10.9. The Hall–Kier alpha value is -3.86. The average molecular weight is 441 g/mol. The number of nitrogens with zero attached hydrogens (tertiary/aromatic N) is 1. The number of methoxy groups -OCH3 is 2. The topological polar surface area (TPSA) is 60.5 Å². The average Bonchev–Trinajstić information content (AvgIpc) is 2.87. The Morgan fingerprint density at radius 3 is 2.42 bits per heavy atom. The Balaban J connectivity index is 1.74. The van der Waals surface area contributed by atoms with E-state index in [1.807, 2.05) is 60.7 Å². The third-order valence-corrected chi connectivity index (χ3v) is 6.00. The summed E-state index contributed by atoms with van der Waals surface area (Å²) in [6, 6.07) is 23.1. The quantitative estimate of drug-likeness (QED) is 0.348. The number of carbonyl (C=O) groups excluding carboxylic acids is 1. The van der Waals surface area contributed by atoms with Crippen molar-refractivity contribution in [1.82, 2.24) is 4.98 Å². The number of fused-ring (bicyclic) bond motifs is 1. The first-order chi connectivity index (χ1) is 16.0. The molecule has 0 saturated carbocycles. The summed E-state index contributed by atoms with van der Waals surface area (Å²) in [5.41, 5.74) is 4.77. The molecule has 0 aliphatic heterocycles. The largest absolute Gasteiger partial charge is 0.497 e. The van der Waals surface area contributed by atoms with Crippen LogP contribution in [0.3, 0.4) is 0 Å². The summed E-state index contributed by atoms with van der Waals surface area (Å²) >= 11 is 0. The van der Waals surface area contributed by atoms with Gasteiger partial charge >= 0.3 is 0 Å². The predicted molar refractivity (Wildman–Crippen MR) is 133 cm³/mol. The van der Waals surface area contributed by atoms with Gasteiger partial charge in [0.25, 0.3) is 5.91 Å². The molecule has 0 aliphatic carbocycles. The van der Waals surface area contributed by atoms with E-state index in [-0.39, 0.29) is 5.91 Å². The lowest BCUT2D eigenvalue weighted by Gasteiger charge is -2.14. The molecule has 0 bridgehead atoms. The molecule has 5 heteroatoms. The molecule has 1 N–H and O–H groups in total. The van der Waals surface area contributed by atoms with Crippen LogP contribution in [-0.2, 0) is 0 Å². The van der Waals surface area contributed by atoms with E-state index in [2.05, 4.69) is 31.3 Å². The van der Waals surface area contributed by atoms with E-state index < -0.39 is 0 Å². The first kappa shape index (κ1) is 22.3. The maximum absolute atomic E-state index is 13.4. The second-order valence-corrected chi connectivity index (χ2v) is 8.02. The summed E-state index contributed by atoms with van der Waals surface area (Å²) in [6.07, 6.45) is 1.08. The highest BCUT2D eigenvalue weighted by molar-refractivity contribution is 6.13. The van der Waals surface area contributed by atoms with Crippen molar-refractivity contribution in [3.05, 3.63) is 83.9 Å². The van der Waals surface area contributed by atoms with Crippen LogP contribution in [0.2, 0.25) is 0 Å². The number of benzene rings is 3. The van der Waals surface area contributed by atoms with Gasteiger partial charge in [-0.3, -0.25) is 4.79 Å². The molecule has 4 rings (SSSR count). The van der Waals surface area contributed by atoms with Gasteiger partial charge in [0.1, 0.15) is 11.5 Å². The molecule has 1 heterocycles. The van der Waals surface area contributed by atoms with Crippen molar-refractivity contribution in [2.75, 3.05) is 19.5 Å². The molecule has 0 radical (unpaired) electrons. The molecule has 3 aromatic carbocycles.